The van der Waals surface area contributed by atoms with Crippen LogP contribution in [0.25, 0.3) is 0 Å². The summed E-state index contributed by atoms with van der Waals surface area (Å²) in [5, 5.41) is 10.4. The summed E-state index contributed by atoms with van der Waals surface area (Å²) < 4.78 is 6.75. The van der Waals surface area contributed by atoms with Crippen LogP contribution in [0.4, 0.5) is 0 Å². The zero-order chi connectivity index (χ0) is 23.9. The predicted octanol–water partition coefficient (Wildman–Crippen LogP) is 9.23. The van der Waals surface area contributed by atoms with Crippen molar-refractivity contribution >= 4 is 0 Å². The van der Waals surface area contributed by atoms with Crippen molar-refractivity contribution in [1.82, 2.24) is 0 Å². The Kier molecular flexibility index (Phi) is 10.4. The van der Waals surface area contributed by atoms with Crippen molar-refractivity contribution in [2.75, 3.05) is 0 Å². The van der Waals surface area contributed by atoms with Crippen LogP contribution in [0.1, 0.15) is 128 Å². The Morgan fingerprint density at radius 3 is 1.94 bits per heavy atom. The molecule has 0 saturated carbocycles. The highest BCUT2D eigenvalue weighted by molar-refractivity contribution is 5.58. The van der Waals surface area contributed by atoms with Gasteiger partial charge in [0.05, 0.1) is 0 Å². The Hall–Kier alpha value is -1.18. The number of phenolic OH excluding ortho intramolecular Hbond substituents is 1. The zero-order valence-electron chi connectivity index (χ0n) is 22.6. The van der Waals surface area contributed by atoms with Gasteiger partial charge in [-0.15, -0.1) is 0 Å². The van der Waals surface area contributed by atoms with Crippen LogP contribution in [-0.4, -0.2) is 10.7 Å². The van der Waals surface area contributed by atoms with Gasteiger partial charge in [-0.3, -0.25) is 0 Å². The lowest BCUT2D eigenvalue weighted by molar-refractivity contribution is 0.0290. The minimum absolute atomic E-state index is 0.0295. The van der Waals surface area contributed by atoms with Crippen LogP contribution in [0.5, 0.6) is 11.5 Å². The highest BCUT2D eigenvalue weighted by atomic mass is 16.5. The monoisotopic (exact) mass is 444 g/mol. The van der Waals surface area contributed by atoms with Gasteiger partial charge in [0.25, 0.3) is 0 Å². The van der Waals surface area contributed by atoms with E-state index in [0.29, 0.717) is 5.75 Å². The van der Waals surface area contributed by atoms with E-state index >= 15 is 0 Å². The van der Waals surface area contributed by atoms with Gasteiger partial charge in [-0.05, 0) is 87.3 Å². The maximum atomic E-state index is 10.4. The first kappa shape index (κ1) is 27.1. The fraction of sp³-hybridized carbons (Fsp3) is 0.800. The van der Waals surface area contributed by atoms with Crippen molar-refractivity contribution in [2.24, 2.45) is 17.8 Å². The molecule has 0 bridgehead atoms. The number of hydrogen-bond acceptors (Lipinski definition) is 2. The fourth-order valence-electron chi connectivity index (χ4n) is 5.58. The van der Waals surface area contributed by atoms with E-state index in [2.05, 4.69) is 41.5 Å². The second kappa shape index (κ2) is 12.3. The van der Waals surface area contributed by atoms with Crippen molar-refractivity contribution in [3.63, 3.8) is 0 Å². The molecule has 0 spiro atoms. The van der Waals surface area contributed by atoms with E-state index in [1.54, 1.807) is 0 Å². The Morgan fingerprint density at radius 1 is 0.812 bits per heavy atom. The van der Waals surface area contributed by atoms with E-state index in [0.717, 1.165) is 65.9 Å². The van der Waals surface area contributed by atoms with Gasteiger partial charge in [0.1, 0.15) is 17.1 Å². The molecule has 0 aliphatic carbocycles. The maximum Gasteiger partial charge on any atom is 0.127 e. The number of benzene rings is 1. The van der Waals surface area contributed by atoms with Crippen LogP contribution in [0.2, 0.25) is 0 Å². The Balaban J connectivity index is 1.80. The molecule has 0 radical (unpaired) electrons. The number of rotatable bonds is 13. The fourth-order valence-corrected chi connectivity index (χ4v) is 5.58. The summed E-state index contributed by atoms with van der Waals surface area (Å²) in [5.74, 6) is 4.06. The molecule has 1 aliphatic rings. The molecule has 184 valence electrons. The largest absolute Gasteiger partial charge is 0.507 e. The molecule has 1 aromatic carbocycles. The Bertz CT molecular complexity index is 720. The summed E-state index contributed by atoms with van der Waals surface area (Å²) in [4.78, 5) is 0. The molecule has 1 aliphatic heterocycles. The van der Waals surface area contributed by atoms with Crippen molar-refractivity contribution in [1.29, 1.82) is 0 Å². The van der Waals surface area contributed by atoms with Crippen LogP contribution in [0, 0.1) is 38.5 Å². The average Bonchev–Trinajstić information content (AvgIpc) is 2.75. The maximum absolute atomic E-state index is 10.4. The van der Waals surface area contributed by atoms with Gasteiger partial charge in [0, 0.05) is 5.56 Å². The van der Waals surface area contributed by atoms with Crippen molar-refractivity contribution in [3.8, 4) is 11.5 Å². The quantitative estimate of drug-likeness (QED) is 0.328. The van der Waals surface area contributed by atoms with Gasteiger partial charge in [-0.2, -0.15) is 0 Å². The lowest BCUT2D eigenvalue weighted by atomic mass is 9.81. The summed E-state index contributed by atoms with van der Waals surface area (Å²) in [6, 6.07) is 0. The molecule has 2 rings (SSSR count). The molecule has 0 aromatic heterocycles. The van der Waals surface area contributed by atoms with E-state index in [-0.39, 0.29) is 5.60 Å². The number of ether oxygens (including phenoxy) is 1. The van der Waals surface area contributed by atoms with Crippen LogP contribution in [-0.2, 0) is 6.42 Å². The minimum Gasteiger partial charge on any atom is -0.507 e. The topological polar surface area (TPSA) is 29.5 Å². The average molecular weight is 445 g/mol. The molecule has 0 saturated heterocycles. The molecule has 1 N–H and O–H groups in total. The molecule has 0 fully saturated rings. The highest BCUT2D eigenvalue weighted by Crippen LogP contribution is 2.45. The Labute approximate surface area is 199 Å². The van der Waals surface area contributed by atoms with E-state index in [1.807, 2.05) is 13.8 Å². The summed E-state index contributed by atoms with van der Waals surface area (Å²) in [6.45, 7) is 18.0. The zero-order valence-corrected chi connectivity index (χ0v) is 22.6. The molecule has 1 unspecified atom stereocenters. The van der Waals surface area contributed by atoms with Crippen LogP contribution in [0.15, 0.2) is 0 Å². The smallest absolute Gasteiger partial charge is 0.127 e. The SMILES string of the molecule is CCC1(CCC[C@H](C)CCC[C@H](C)CCCC(C)C)CCc2c(C)c(O)c(C)c(C)c2O1. The summed E-state index contributed by atoms with van der Waals surface area (Å²) in [7, 11) is 0. The summed E-state index contributed by atoms with van der Waals surface area (Å²) in [5.41, 5.74) is 4.31. The molecular weight excluding hydrogens is 392 g/mol. The number of aromatic hydroxyl groups is 1. The third-order valence-corrected chi connectivity index (χ3v) is 8.34. The van der Waals surface area contributed by atoms with Gasteiger partial charge in [0.2, 0.25) is 0 Å². The number of phenols is 1. The molecule has 1 aromatic rings. The third-order valence-electron chi connectivity index (χ3n) is 8.34. The van der Waals surface area contributed by atoms with Gasteiger partial charge in [-0.1, -0.05) is 79.6 Å². The van der Waals surface area contributed by atoms with Crippen molar-refractivity contribution in [2.45, 2.75) is 138 Å². The summed E-state index contributed by atoms with van der Waals surface area (Å²) >= 11 is 0. The minimum atomic E-state index is -0.0295. The van der Waals surface area contributed by atoms with E-state index < -0.39 is 0 Å². The lowest BCUT2D eigenvalue weighted by Crippen LogP contribution is -2.39. The second-order valence-corrected chi connectivity index (χ2v) is 11.5. The van der Waals surface area contributed by atoms with Crippen LogP contribution < -0.4 is 4.74 Å². The van der Waals surface area contributed by atoms with Gasteiger partial charge in [-0.25, -0.2) is 0 Å². The van der Waals surface area contributed by atoms with Crippen LogP contribution in [0.3, 0.4) is 0 Å². The van der Waals surface area contributed by atoms with Crippen molar-refractivity contribution in [3.05, 3.63) is 22.3 Å². The van der Waals surface area contributed by atoms with Crippen LogP contribution >= 0.6 is 0 Å². The lowest BCUT2D eigenvalue weighted by Gasteiger charge is -2.40. The van der Waals surface area contributed by atoms with Gasteiger partial charge in [0.15, 0.2) is 0 Å². The molecule has 1 heterocycles. The Morgan fingerprint density at radius 2 is 1.38 bits per heavy atom. The summed E-state index contributed by atoms with van der Waals surface area (Å²) in [6.07, 6.45) is 15.2. The second-order valence-electron chi connectivity index (χ2n) is 11.5. The first-order chi connectivity index (χ1) is 15.1. The van der Waals surface area contributed by atoms with E-state index in [1.165, 1.54) is 56.9 Å². The molecular formula is C30H52O2. The molecule has 3 atom stereocenters. The number of fused-ring (bicyclic) bond motifs is 1. The number of hydrogen-bond donors (Lipinski definition) is 1. The highest BCUT2D eigenvalue weighted by Gasteiger charge is 2.36. The van der Waals surface area contributed by atoms with E-state index in [4.69, 9.17) is 4.74 Å². The normalized spacial score (nSPS) is 20.2. The van der Waals surface area contributed by atoms with Crippen molar-refractivity contribution < 1.29 is 9.84 Å². The van der Waals surface area contributed by atoms with Gasteiger partial charge >= 0.3 is 0 Å². The standard InChI is InChI=1S/C30H52O2/c1-9-30(20-18-27-26(8)28(31)24(6)25(7)29(27)32-30)19-12-17-23(5)16-11-15-22(4)14-10-13-21(2)3/h21-23,31H,9-20H2,1-8H3/t22-,23-,30?/m1/s1. The third kappa shape index (κ3) is 7.16. The molecule has 0 amide bonds. The molecule has 2 nitrogen and oxygen atoms in total. The first-order valence-corrected chi connectivity index (χ1v) is 13.6. The van der Waals surface area contributed by atoms with E-state index in [9.17, 15) is 5.11 Å². The predicted molar refractivity (Wildman–Crippen MR) is 139 cm³/mol. The molecule has 32 heavy (non-hydrogen) atoms. The van der Waals surface area contributed by atoms with Gasteiger partial charge < -0.3 is 9.84 Å². The molecule has 2 heteroatoms. The first-order valence-electron chi connectivity index (χ1n) is 13.6.